The number of carbonyl (C=O) groups is 2. The van der Waals surface area contributed by atoms with Gasteiger partial charge in [0.15, 0.2) is 6.10 Å². The maximum absolute atomic E-state index is 12.9. The van der Waals surface area contributed by atoms with Crippen LogP contribution in [0, 0.1) is 10.1 Å². The minimum atomic E-state index is -1.06. The minimum absolute atomic E-state index is 0.0570. The van der Waals surface area contributed by atoms with E-state index in [0.717, 1.165) is 23.7 Å². The van der Waals surface area contributed by atoms with Crippen molar-refractivity contribution in [1.29, 1.82) is 0 Å². The Morgan fingerprint density at radius 1 is 1.25 bits per heavy atom. The van der Waals surface area contributed by atoms with Gasteiger partial charge in [0.25, 0.3) is 11.6 Å². The largest absolute Gasteiger partial charge is 0.496 e. The van der Waals surface area contributed by atoms with Crippen LogP contribution in [0.3, 0.4) is 0 Å². The second kappa shape index (κ2) is 7.67. The molecule has 0 radical (unpaired) electrons. The molecule has 0 bridgehead atoms. The number of ether oxygens (including phenoxy) is 2. The summed E-state index contributed by atoms with van der Waals surface area (Å²) in [5.74, 6) is -1.08. The van der Waals surface area contributed by atoms with Gasteiger partial charge in [-0.1, -0.05) is 18.2 Å². The number of rotatable bonds is 5. The zero-order valence-electron chi connectivity index (χ0n) is 15.7. The van der Waals surface area contributed by atoms with Crippen molar-refractivity contribution in [3.05, 3.63) is 63.7 Å². The van der Waals surface area contributed by atoms with Crippen molar-refractivity contribution in [2.45, 2.75) is 32.4 Å². The number of nitro benzene ring substituents is 1. The van der Waals surface area contributed by atoms with E-state index in [1.54, 1.807) is 4.90 Å². The Kier molecular flexibility index (Phi) is 5.30. The standard InChI is InChI=1S/C20H20N2O6/c1-12-10-14-6-4-5-7-17(14)21(12)19(23)13(2)28-20(24)16-11-15(22(25)26)8-9-18(16)27-3/h4-9,11-13H,10H2,1-3H3. The summed E-state index contributed by atoms with van der Waals surface area (Å²) in [5.41, 5.74) is 1.48. The molecule has 2 atom stereocenters. The molecule has 0 aromatic heterocycles. The van der Waals surface area contributed by atoms with Crippen LogP contribution in [0.2, 0.25) is 0 Å². The zero-order chi connectivity index (χ0) is 20.4. The molecule has 2 unspecified atom stereocenters. The molecule has 1 amide bonds. The van der Waals surface area contributed by atoms with Crippen LogP contribution in [0.4, 0.5) is 11.4 Å². The van der Waals surface area contributed by atoms with Gasteiger partial charge >= 0.3 is 5.97 Å². The fourth-order valence-corrected chi connectivity index (χ4v) is 3.34. The van der Waals surface area contributed by atoms with Crippen LogP contribution in [0.5, 0.6) is 5.75 Å². The number of methoxy groups -OCH3 is 1. The number of hydrogen-bond donors (Lipinski definition) is 0. The van der Waals surface area contributed by atoms with E-state index in [9.17, 15) is 19.7 Å². The minimum Gasteiger partial charge on any atom is -0.496 e. The van der Waals surface area contributed by atoms with Crippen LogP contribution >= 0.6 is 0 Å². The molecule has 1 aliphatic heterocycles. The van der Waals surface area contributed by atoms with E-state index in [4.69, 9.17) is 9.47 Å². The van der Waals surface area contributed by atoms with Crippen molar-refractivity contribution in [2.75, 3.05) is 12.0 Å². The number of non-ortho nitro benzene ring substituents is 1. The number of fused-ring (bicyclic) bond motifs is 1. The Bertz CT molecular complexity index is 942. The van der Waals surface area contributed by atoms with Gasteiger partial charge < -0.3 is 14.4 Å². The molecule has 2 aromatic carbocycles. The fraction of sp³-hybridized carbons (Fsp3) is 0.300. The third-order valence-electron chi connectivity index (χ3n) is 4.69. The maximum atomic E-state index is 12.9. The summed E-state index contributed by atoms with van der Waals surface area (Å²) in [4.78, 5) is 37.5. The molecular weight excluding hydrogens is 364 g/mol. The first-order chi connectivity index (χ1) is 13.3. The van der Waals surface area contributed by atoms with E-state index in [1.165, 1.54) is 26.2 Å². The highest BCUT2D eigenvalue weighted by molar-refractivity contribution is 6.01. The Hall–Kier alpha value is -3.42. The van der Waals surface area contributed by atoms with Crippen LogP contribution in [0.25, 0.3) is 0 Å². The number of para-hydroxylation sites is 1. The van der Waals surface area contributed by atoms with Gasteiger partial charge in [0.05, 0.1) is 12.0 Å². The van der Waals surface area contributed by atoms with Crippen LogP contribution in [-0.4, -0.2) is 36.1 Å². The smallest absolute Gasteiger partial charge is 0.342 e. The molecule has 2 aromatic rings. The highest BCUT2D eigenvalue weighted by atomic mass is 16.6. The lowest BCUT2D eigenvalue weighted by molar-refractivity contribution is -0.384. The second-order valence-corrected chi connectivity index (χ2v) is 6.58. The van der Waals surface area contributed by atoms with Crippen molar-refractivity contribution >= 4 is 23.3 Å². The van der Waals surface area contributed by atoms with Crippen LogP contribution < -0.4 is 9.64 Å². The zero-order valence-corrected chi connectivity index (χ0v) is 15.7. The number of amides is 1. The highest BCUT2D eigenvalue weighted by Gasteiger charge is 2.35. The number of anilines is 1. The molecule has 0 saturated heterocycles. The number of esters is 1. The molecule has 146 valence electrons. The van der Waals surface area contributed by atoms with Crippen molar-refractivity contribution in [3.63, 3.8) is 0 Å². The van der Waals surface area contributed by atoms with Crippen molar-refractivity contribution in [1.82, 2.24) is 0 Å². The molecule has 28 heavy (non-hydrogen) atoms. The summed E-state index contributed by atoms with van der Waals surface area (Å²) in [7, 11) is 1.34. The maximum Gasteiger partial charge on any atom is 0.342 e. The molecule has 8 heteroatoms. The average molecular weight is 384 g/mol. The van der Waals surface area contributed by atoms with Gasteiger partial charge in [-0.3, -0.25) is 14.9 Å². The molecule has 8 nitrogen and oxygen atoms in total. The molecule has 0 N–H and O–H groups in total. The molecule has 1 heterocycles. The Labute approximate surface area is 161 Å². The third kappa shape index (κ3) is 3.53. The number of nitrogens with zero attached hydrogens (tertiary/aromatic N) is 2. The molecule has 0 aliphatic carbocycles. The van der Waals surface area contributed by atoms with Gasteiger partial charge in [-0.2, -0.15) is 0 Å². The van der Waals surface area contributed by atoms with E-state index in [0.29, 0.717) is 0 Å². The first-order valence-corrected chi connectivity index (χ1v) is 8.78. The normalized spacial score (nSPS) is 16.2. The van der Waals surface area contributed by atoms with E-state index in [1.807, 2.05) is 31.2 Å². The lowest BCUT2D eigenvalue weighted by Crippen LogP contribution is -2.43. The number of nitro groups is 1. The number of carbonyl (C=O) groups excluding carboxylic acids is 2. The van der Waals surface area contributed by atoms with E-state index < -0.39 is 17.0 Å². The summed E-state index contributed by atoms with van der Waals surface area (Å²) in [6.07, 6.45) is -0.341. The Morgan fingerprint density at radius 2 is 1.96 bits per heavy atom. The quantitative estimate of drug-likeness (QED) is 0.446. The van der Waals surface area contributed by atoms with Crippen molar-refractivity contribution in [2.24, 2.45) is 0 Å². The van der Waals surface area contributed by atoms with E-state index in [-0.39, 0.29) is 28.9 Å². The first-order valence-electron chi connectivity index (χ1n) is 8.78. The van der Waals surface area contributed by atoms with Gasteiger partial charge in [0.2, 0.25) is 0 Å². The van der Waals surface area contributed by atoms with Gasteiger partial charge in [-0.25, -0.2) is 4.79 Å². The predicted molar refractivity (Wildman–Crippen MR) is 102 cm³/mol. The Morgan fingerprint density at radius 3 is 2.64 bits per heavy atom. The van der Waals surface area contributed by atoms with Crippen molar-refractivity contribution < 1.29 is 24.0 Å². The van der Waals surface area contributed by atoms with Gasteiger partial charge in [-0.05, 0) is 38.0 Å². The summed E-state index contributed by atoms with van der Waals surface area (Å²) in [5, 5.41) is 11.0. The van der Waals surface area contributed by atoms with Crippen LogP contribution in [0.1, 0.15) is 29.8 Å². The van der Waals surface area contributed by atoms with Gasteiger partial charge in [0, 0.05) is 23.9 Å². The SMILES string of the molecule is COc1ccc([N+](=O)[O-])cc1C(=O)OC(C)C(=O)N1c2ccccc2CC1C. The van der Waals surface area contributed by atoms with Crippen LogP contribution in [0.15, 0.2) is 42.5 Å². The third-order valence-corrected chi connectivity index (χ3v) is 4.69. The molecule has 0 fully saturated rings. The molecule has 1 aliphatic rings. The number of hydrogen-bond acceptors (Lipinski definition) is 6. The summed E-state index contributed by atoms with van der Waals surface area (Å²) >= 11 is 0. The second-order valence-electron chi connectivity index (χ2n) is 6.58. The summed E-state index contributed by atoms with van der Waals surface area (Å²) in [6, 6.07) is 11.1. The summed E-state index contributed by atoms with van der Waals surface area (Å²) < 4.78 is 10.4. The van der Waals surface area contributed by atoms with E-state index in [2.05, 4.69) is 0 Å². The lowest BCUT2D eigenvalue weighted by Gasteiger charge is -2.26. The average Bonchev–Trinajstić information content (AvgIpc) is 3.02. The van der Waals surface area contributed by atoms with Gasteiger partial charge in [0.1, 0.15) is 11.3 Å². The predicted octanol–water partition coefficient (Wildman–Crippen LogP) is 3.13. The molecule has 0 saturated carbocycles. The first kappa shape index (κ1) is 19.3. The lowest BCUT2D eigenvalue weighted by atomic mass is 10.1. The number of benzene rings is 2. The highest BCUT2D eigenvalue weighted by Crippen LogP contribution is 2.33. The fourth-order valence-electron chi connectivity index (χ4n) is 3.34. The summed E-state index contributed by atoms with van der Waals surface area (Å²) in [6.45, 7) is 3.41. The molecule has 0 spiro atoms. The topological polar surface area (TPSA) is 99.0 Å². The monoisotopic (exact) mass is 384 g/mol. The Balaban J connectivity index is 1.80. The van der Waals surface area contributed by atoms with Crippen molar-refractivity contribution in [3.8, 4) is 5.75 Å². The molecular formula is C20H20N2O6. The molecule has 3 rings (SSSR count). The van der Waals surface area contributed by atoms with Gasteiger partial charge in [-0.15, -0.1) is 0 Å². The van der Waals surface area contributed by atoms with E-state index >= 15 is 0 Å². The van der Waals surface area contributed by atoms with Crippen LogP contribution in [-0.2, 0) is 16.0 Å².